The predicted molar refractivity (Wildman–Crippen MR) is 174 cm³/mol. The SMILES string of the molecule is CC1([C@H]2[C@H](C(=O)NOCc3ccc(CC(=O)O)cc3)c3ccccc3C(=O)N2[C@H]2CCCC[C@@H]2NS(C)(=O)=O)CC=C(Cl)C=C1Cl. The molecule has 2 aromatic rings. The molecule has 1 saturated carbocycles. The molecule has 0 radical (unpaired) electrons. The summed E-state index contributed by atoms with van der Waals surface area (Å²) in [5.41, 5.74) is 3.86. The van der Waals surface area contributed by atoms with Gasteiger partial charge in [0.2, 0.25) is 10.0 Å². The molecule has 0 saturated heterocycles. The average molecular weight is 691 g/mol. The molecular formula is C33H37Cl2N3O7S. The summed E-state index contributed by atoms with van der Waals surface area (Å²) in [5.74, 6) is -2.67. The second-order valence-electron chi connectivity index (χ2n) is 12.4. The molecule has 1 heterocycles. The number of carboxylic acid groups (broad SMARTS) is 1. The van der Waals surface area contributed by atoms with Gasteiger partial charge in [0.1, 0.15) is 0 Å². The zero-order valence-corrected chi connectivity index (χ0v) is 27.9. The third-order valence-corrected chi connectivity index (χ3v) is 10.6. The average Bonchev–Trinajstić information content (AvgIpc) is 2.99. The Morgan fingerprint density at radius 3 is 2.41 bits per heavy atom. The van der Waals surface area contributed by atoms with Crippen LogP contribution in [0.3, 0.4) is 0 Å². The van der Waals surface area contributed by atoms with Crippen molar-refractivity contribution in [3.8, 4) is 0 Å². The van der Waals surface area contributed by atoms with Crippen LogP contribution in [0.25, 0.3) is 0 Å². The van der Waals surface area contributed by atoms with E-state index in [9.17, 15) is 22.8 Å². The number of fused-ring (bicyclic) bond motifs is 1. The number of sulfonamides is 1. The second-order valence-corrected chi connectivity index (χ2v) is 15.0. The van der Waals surface area contributed by atoms with Gasteiger partial charge in [0, 0.05) is 33.1 Å². The molecule has 1 fully saturated rings. The van der Waals surface area contributed by atoms with E-state index in [0.717, 1.165) is 19.1 Å². The number of nitrogens with zero attached hydrogens (tertiary/aromatic N) is 1. The van der Waals surface area contributed by atoms with Gasteiger partial charge in [0.25, 0.3) is 11.8 Å². The van der Waals surface area contributed by atoms with Crippen molar-refractivity contribution >= 4 is 51.0 Å². The number of hydroxylamine groups is 1. The lowest BCUT2D eigenvalue weighted by Gasteiger charge is -2.54. The van der Waals surface area contributed by atoms with Gasteiger partial charge in [-0.3, -0.25) is 19.2 Å². The Labute approximate surface area is 278 Å². The summed E-state index contributed by atoms with van der Waals surface area (Å²) in [6, 6.07) is 11.8. The predicted octanol–water partition coefficient (Wildman–Crippen LogP) is 4.99. The molecule has 0 aromatic heterocycles. The fourth-order valence-electron chi connectivity index (χ4n) is 6.93. The van der Waals surface area contributed by atoms with E-state index in [1.54, 1.807) is 59.5 Å². The summed E-state index contributed by atoms with van der Waals surface area (Å²) in [6.45, 7) is 1.91. The van der Waals surface area contributed by atoms with E-state index in [4.69, 9.17) is 33.1 Å². The van der Waals surface area contributed by atoms with Crippen molar-refractivity contribution in [2.24, 2.45) is 5.41 Å². The number of carboxylic acids is 1. The smallest absolute Gasteiger partial charge is 0.307 e. The fourth-order valence-corrected chi connectivity index (χ4v) is 8.30. The van der Waals surface area contributed by atoms with Gasteiger partial charge in [-0.05, 0) is 48.1 Å². The van der Waals surface area contributed by atoms with Crippen molar-refractivity contribution in [2.75, 3.05) is 6.26 Å². The number of allylic oxidation sites excluding steroid dienone is 3. The molecular weight excluding hydrogens is 653 g/mol. The normalized spacial score (nSPS) is 26.5. The van der Waals surface area contributed by atoms with Gasteiger partial charge in [0.15, 0.2) is 0 Å². The van der Waals surface area contributed by atoms with Crippen molar-refractivity contribution < 1.29 is 32.7 Å². The van der Waals surface area contributed by atoms with Crippen LogP contribution in [0.1, 0.15) is 72.0 Å². The molecule has 0 spiro atoms. The highest BCUT2D eigenvalue weighted by atomic mass is 35.5. The van der Waals surface area contributed by atoms with Gasteiger partial charge in [-0.25, -0.2) is 18.6 Å². The van der Waals surface area contributed by atoms with Crippen LogP contribution in [0.15, 0.2) is 70.7 Å². The Kier molecular flexibility index (Phi) is 10.3. The number of amides is 2. The first-order valence-electron chi connectivity index (χ1n) is 15.1. The Morgan fingerprint density at radius 1 is 1.07 bits per heavy atom. The van der Waals surface area contributed by atoms with Gasteiger partial charge in [0.05, 0.1) is 31.2 Å². The number of nitrogens with one attached hydrogen (secondary N) is 2. The van der Waals surface area contributed by atoms with E-state index < -0.39 is 51.4 Å². The van der Waals surface area contributed by atoms with Gasteiger partial charge in [-0.1, -0.05) is 91.5 Å². The number of hydrogen-bond donors (Lipinski definition) is 3. The van der Waals surface area contributed by atoms with Crippen molar-refractivity contribution in [3.63, 3.8) is 0 Å². The molecule has 3 N–H and O–H groups in total. The molecule has 1 aliphatic heterocycles. The quantitative estimate of drug-likeness (QED) is 0.299. The first kappa shape index (κ1) is 34.1. The number of carbonyl (C=O) groups is 3. The van der Waals surface area contributed by atoms with Crippen LogP contribution in [0.2, 0.25) is 0 Å². The molecule has 2 aliphatic carbocycles. The zero-order valence-electron chi connectivity index (χ0n) is 25.5. The highest BCUT2D eigenvalue weighted by molar-refractivity contribution is 7.88. The first-order valence-corrected chi connectivity index (χ1v) is 17.8. The molecule has 3 aliphatic rings. The van der Waals surface area contributed by atoms with Crippen molar-refractivity contribution in [1.29, 1.82) is 0 Å². The van der Waals surface area contributed by atoms with E-state index in [1.165, 1.54) is 0 Å². The van der Waals surface area contributed by atoms with E-state index in [-0.39, 0.29) is 18.9 Å². The topological polar surface area (TPSA) is 142 Å². The maximum Gasteiger partial charge on any atom is 0.307 e. The molecule has 2 aromatic carbocycles. The minimum atomic E-state index is -3.61. The lowest BCUT2D eigenvalue weighted by molar-refractivity contribution is -0.139. The third-order valence-electron chi connectivity index (χ3n) is 9.08. The van der Waals surface area contributed by atoms with Gasteiger partial charge in [-0.15, -0.1) is 0 Å². The number of rotatable bonds is 10. The minimum absolute atomic E-state index is 0.0139. The first-order chi connectivity index (χ1) is 21.8. The second kappa shape index (κ2) is 13.9. The van der Waals surface area contributed by atoms with Crippen molar-refractivity contribution in [1.82, 2.24) is 15.1 Å². The Bertz CT molecular complexity index is 1680. The molecule has 5 rings (SSSR count). The molecule has 0 bridgehead atoms. The van der Waals surface area contributed by atoms with Crippen LogP contribution in [0.5, 0.6) is 0 Å². The van der Waals surface area contributed by atoms with Crippen LogP contribution in [0.4, 0.5) is 0 Å². The van der Waals surface area contributed by atoms with Crippen LogP contribution in [-0.2, 0) is 37.5 Å². The highest BCUT2D eigenvalue weighted by Gasteiger charge is 2.56. The zero-order chi connectivity index (χ0) is 33.2. The van der Waals surface area contributed by atoms with Crippen LogP contribution in [-0.4, -0.2) is 60.6 Å². The number of hydrogen-bond acceptors (Lipinski definition) is 6. The van der Waals surface area contributed by atoms with Crippen molar-refractivity contribution in [3.05, 3.63) is 93.0 Å². The molecule has 5 atom stereocenters. The summed E-state index contributed by atoms with van der Waals surface area (Å²) in [5, 5.41) is 9.86. The summed E-state index contributed by atoms with van der Waals surface area (Å²) < 4.78 is 27.6. The maximum absolute atomic E-state index is 14.5. The van der Waals surface area contributed by atoms with E-state index >= 15 is 0 Å². The minimum Gasteiger partial charge on any atom is -0.481 e. The number of carbonyl (C=O) groups excluding carboxylic acids is 2. The summed E-state index contributed by atoms with van der Waals surface area (Å²) in [6.07, 6.45) is 7.41. The van der Waals surface area contributed by atoms with Crippen LogP contribution in [0, 0.1) is 5.41 Å². The standard InChI is InChI=1S/C33H37Cl2N3O7S/c1-33(16-15-22(34)18-27(33)35)30-29(31(41)36-45-19-21-13-11-20(12-14-21)17-28(39)40)23-7-3-4-8-24(23)32(42)38(30)26-10-6-5-9-25(26)37-46(2,43)44/h3-4,7-8,11-15,18,25-26,29-30,37H,5-6,9-10,16-17,19H2,1-2H3,(H,36,41)(H,39,40)/t25-,26-,29+,30+,33?/m0/s1. The Balaban J connectivity index is 1.53. The largest absolute Gasteiger partial charge is 0.481 e. The molecule has 13 heteroatoms. The Hall–Kier alpha value is -3.22. The van der Waals surface area contributed by atoms with Crippen molar-refractivity contribution in [2.45, 2.75) is 76.1 Å². The lowest BCUT2D eigenvalue weighted by Crippen LogP contribution is -2.66. The van der Waals surface area contributed by atoms with Crippen LogP contribution >= 0.6 is 23.2 Å². The lowest BCUT2D eigenvalue weighted by atomic mass is 9.65. The Morgan fingerprint density at radius 2 is 1.74 bits per heavy atom. The third kappa shape index (κ3) is 7.34. The molecule has 1 unspecified atom stereocenters. The molecule has 2 amide bonds. The van der Waals surface area contributed by atoms with Gasteiger partial charge < -0.3 is 10.0 Å². The fraction of sp³-hybridized carbons (Fsp3) is 0.424. The summed E-state index contributed by atoms with van der Waals surface area (Å²) >= 11 is 13.3. The molecule has 246 valence electrons. The maximum atomic E-state index is 14.5. The molecule has 46 heavy (non-hydrogen) atoms. The van der Waals surface area contributed by atoms with Gasteiger partial charge >= 0.3 is 5.97 Å². The summed E-state index contributed by atoms with van der Waals surface area (Å²) in [7, 11) is -3.61. The van der Waals surface area contributed by atoms with Gasteiger partial charge in [-0.2, -0.15) is 0 Å². The number of halogens is 2. The molecule has 10 nitrogen and oxygen atoms in total. The monoisotopic (exact) mass is 689 g/mol. The van der Waals surface area contributed by atoms with E-state index in [1.807, 2.05) is 13.0 Å². The summed E-state index contributed by atoms with van der Waals surface area (Å²) in [4.78, 5) is 47.2. The van der Waals surface area contributed by atoms with E-state index in [0.29, 0.717) is 51.6 Å². The van der Waals surface area contributed by atoms with E-state index in [2.05, 4.69) is 10.2 Å². The highest BCUT2D eigenvalue weighted by Crippen LogP contribution is 2.52. The number of aliphatic carboxylic acids is 1. The van der Waals surface area contributed by atoms with Crippen LogP contribution < -0.4 is 10.2 Å². The number of benzene rings is 2.